The first-order valence-electron chi connectivity index (χ1n) is 1.42. The molecule has 0 aromatic carbocycles. The number of rotatable bonds is 0. The number of hydrogen-bond donors (Lipinski definition) is 0. The first-order chi connectivity index (χ1) is 2.94. The molecule has 0 heterocycles. The highest BCUT2D eigenvalue weighted by Gasteiger charge is 2.48. The molecule has 42 valence electrons. The van der Waals surface area contributed by atoms with Gasteiger partial charge in [0.2, 0.25) is 0 Å². The van der Waals surface area contributed by atoms with E-state index >= 15 is 0 Å². The first-order valence-corrected chi connectivity index (χ1v) is 3.13. The molecule has 5 heteroatoms. The van der Waals surface area contributed by atoms with Crippen LogP contribution >= 0.6 is 7.80 Å². The van der Waals surface area contributed by atoms with Crippen LogP contribution in [0.3, 0.4) is 0 Å². The van der Waals surface area contributed by atoms with E-state index in [1.165, 1.54) is 0 Å². The zero-order valence-electron chi connectivity index (χ0n) is 3.49. The summed E-state index contributed by atoms with van der Waals surface area (Å²) < 4.78 is 42.2. The van der Waals surface area contributed by atoms with Crippen molar-refractivity contribution < 1.29 is 17.7 Å². The lowest BCUT2D eigenvalue weighted by atomic mass is 11.6. The summed E-state index contributed by atoms with van der Waals surface area (Å²) in [6.45, 7) is 0.634. The molecule has 1 unspecified atom stereocenters. The second kappa shape index (κ2) is 1.78. The van der Waals surface area contributed by atoms with Crippen molar-refractivity contribution in [3.05, 3.63) is 0 Å². The molecule has 0 N–H and O–H groups in total. The Balaban J connectivity index is 3.79. The molecule has 0 amide bonds. The summed E-state index contributed by atoms with van der Waals surface area (Å²) in [5, 5.41) is 0. The average Bonchev–Trinajstić information content (AvgIpc) is 1.31. The molecule has 0 fully saturated rings. The highest BCUT2D eigenvalue weighted by atomic mass is 31.1. The molecule has 0 saturated carbocycles. The third-order valence-electron chi connectivity index (χ3n) is 0.357. The van der Waals surface area contributed by atoms with Gasteiger partial charge in [0.05, 0.1) is 0 Å². The van der Waals surface area contributed by atoms with Gasteiger partial charge in [-0.15, -0.1) is 13.2 Å². The SMILES string of the molecule is C[P+](=O)C(F)(F)F. The smallest absolute Gasteiger partial charge is 0.125 e. The van der Waals surface area contributed by atoms with Crippen LogP contribution in [0.15, 0.2) is 0 Å². The molecule has 0 radical (unpaired) electrons. The van der Waals surface area contributed by atoms with Gasteiger partial charge in [-0.2, -0.15) is 0 Å². The van der Waals surface area contributed by atoms with Gasteiger partial charge in [0, 0.05) is 0 Å². The summed E-state index contributed by atoms with van der Waals surface area (Å²) in [4.78, 5) is 0. The molecule has 0 aliphatic rings. The Bertz CT molecular complexity index is 85.4. The maximum absolute atomic E-state index is 10.9. The van der Waals surface area contributed by atoms with E-state index in [0.717, 1.165) is 0 Å². The minimum atomic E-state index is -4.49. The average molecular weight is 131 g/mol. The predicted octanol–water partition coefficient (Wildman–Crippen LogP) is 1.96. The van der Waals surface area contributed by atoms with Crippen LogP contribution in [0.4, 0.5) is 13.2 Å². The van der Waals surface area contributed by atoms with E-state index in [1.54, 1.807) is 0 Å². The fraction of sp³-hybridized carbons (Fsp3) is 1.00. The Morgan fingerprint density at radius 2 is 1.57 bits per heavy atom. The van der Waals surface area contributed by atoms with E-state index in [9.17, 15) is 17.7 Å². The van der Waals surface area contributed by atoms with Gasteiger partial charge in [-0.1, -0.05) is 4.57 Å². The summed E-state index contributed by atoms with van der Waals surface area (Å²) in [5.41, 5.74) is 0. The van der Waals surface area contributed by atoms with Crippen LogP contribution in [0.1, 0.15) is 0 Å². The van der Waals surface area contributed by atoms with Gasteiger partial charge in [-0.25, -0.2) is 0 Å². The molecule has 0 aliphatic heterocycles. The normalized spacial score (nSPS) is 14.0. The van der Waals surface area contributed by atoms with Crippen LogP contribution in [-0.2, 0) is 4.57 Å². The maximum atomic E-state index is 10.9. The Morgan fingerprint density at radius 3 is 1.57 bits per heavy atom. The van der Waals surface area contributed by atoms with E-state index in [2.05, 4.69) is 0 Å². The van der Waals surface area contributed by atoms with Gasteiger partial charge >= 0.3 is 13.7 Å². The second-order valence-electron chi connectivity index (χ2n) is 0.965. The summed E-state index contributed by atoms with van der Waals surface area (Å²) in [7, 11) is -2.99. The van der Waals surface area contributed by atoms with E-state index in [4.69, 9.17) is 0 Å². The molecule has 0 aliphatic carbocycles. The summed E-state index contributed by atoms with van der Waals surface area (Å²) in [6, 6.07) is 0. The lowest BCUT2D eigenvalue weighted by Gasteiger charge is -1.83. The van der Waals surface area contributed by atoms with Gasteiger partial charge in [0.1, 0.15) is 6.66 Å². The molecule has 1 atom stereocenters. The van der Waals surface area contributed by atoms with E-state index in [0.29, 0.717) is 6.66 Å². The monoisotopic (exact) mass is 131 g/mol. The minimum Gasteiger partial charge on any atom is -0.125 e. The zero-order chi connectivity index (χ0) is 6.08. The largest absolute Gasteiger partial charge is 0.605 e. The molecule has 1 nitrogen and oxygen atoms in total. The third-order valence-corrected chi connectivity index (χ3v) is 1.07. The highest BCUT2D eigenvalue weighted by molar-refractivity contribution is 7.44. The van der Waals surface area contributed by atoms with Crippen LogP contribution in [-0.4, -0.2) is 12.6 Å². The predicted molar refractivity (Wildman–Crippen MR) is 19.6 cm³/mol. The molecular weight excluding hydrogens is 128 g/mol. The molecule has 0 bridgehead atoms. The van der Waals surface area contributed by atoms with Crippen LogP contribution in [0.25, 0.3) is 0 Å². The first kappa shape index (κ1) is 6.89. The Labute approximate surface area is 39.3 Å². The highest BCUT2D eigenvalue weighted by Crippen LogP contribution is 2.39. The van der Waals surface area contributed by atoms with E-state index < -0.39 is 13.7 Å². The Hall–Kier alpha value is -0.110. The number of alkyl halides is 3. The van der Waals surface area contributed by atoms with Gasteiger partial charge in [-0.3, -0.25) is 0 Å². The molecule has 0 aromatic heterocycles. The summed E-state index contributed by atoms with van der Waals surface area (Å²) in [5.74, 6) is -4.49. The Kier molecular flexibility index (Phi) is 1.75. The topological polar surface area (TPSA) is 17.1 Å². The lowest BCUT2D eigenvalue weighted by molar-refractivity contribution is -0.0420. The van der Waals surface area contributed by atoms with Crippen molar-refractivity contribution in [2.75, 3.05) is 6.66 Å². The van der Waals surface area contributed by atoms with Crippen molar-refractivity contribution >= 4 is 7.80 Å². The third kappa shape index (κ3) is 2.57. The van der Waals surface area contributed by atoms with Crippen LogP contribution < -0.4 is 0 Å². The van der Waals surface area contributed by atoms with Gasteiger partial charge in [-0.05, 0) is 0 Å². The quantitative estimate of drug-likeness (QED) is 0.459. The van der Waals surface area contributed by atoms with E-state index in [1.807, 2.05) is 0 Å². The molecular formula is C2H3F3OP+. The van der Waals surface area contributed by atoms with Crippen LogP contribution in [0, 0.1) is 0 Å². The number of halogens is 3. The van der Waals surface area contributed by atoms with Crippen LogP contribution in [0.5, 0.6) is 0 Å². The number of hydrogen-bond acceptors (Lipinski definition) is 1. The van der Waals surface area contributed by atoms with Crippen molar-refractivity contribution in [1.82, 2.24) is 0 Å². The van der Waals surface area contributed by atoms with Crippen molar-refractivity contribution in [2.45, 2.75) is 5.92 Å². The lowest BCUT2D eigenvalue weighted by Crippen LogP contribution is -1.96. The molecule has 7 heavy (non-hydrogen) atoms. The van der Waals surface area contributed by atoms with Crippen molar-refractivity contribution in [3.63, 3.8) is 0 Å². The molecule has 0 spiro atoms. The van der Waals surface area contributed by atoms with Crippen molar-refractivity contribution in [2.24, 2.45) is 0 Å². The van der Waals surface area contributed by atoms with Crippen molar-refractivity contribution in [1.29, 1.82) is 0 Å². The van der Waals surface area contributed by atoms with Crippen molar-refractivity contribution in [3.8, 4) is 0 Å². The molecule has 0 aromatic rings. The molecule has 0 saturated heterocycles. The van der Waals surface area contributed by atoms with Gasteiger partial charge < -0.3 is 0 Å². The fourth-order valence-electron chi connectivity index (χ4n) is 0. The standard InChI is InChI=1S/C2H3F3OP/c1-7(6)2(3,4)5/h1H3/q+1. The fourth-order valence-corrected chi connectivity index (χ4v) is 0. The summed E-state index contributed by atoms with van der Waals surface area (Å²) >= 11 is 0. The Morgan fingerprint density at radius 1 is 1.43 bits per heavy atom. The minimum absolute atomic E-state index is 0.634. The maximum Gasteiger partial charge on any atom is 0.605 e. The summed E-state index contributed by atoms with van der Waals surface area (Å²) in [6.07, 6.45) is 0. The van der Waals surface area contributed by atoms with Gasteiger partial charge in [0.25, 0.3) is 0 Å². The van der Waals surface area contributed by atoms with E-state index in [-0.39, 0.29) is 0 Å². The van der Waals surface area contributed by atoms with Crippen LogP contribution in [0.2, 0.25) is 0 Å². The van der Waals surface area contributed by atoms with Gasteiger partial charge in [0.15, 0.2) is 0 Å². The molecule has 0 rings (SSSR count). The second-order valence-corrected chi connectivity index (χ2v) is 2.47. The zero-order valence-corrected chi connectivity index (χ0v) is 4.38.